The molecule has 1 fully saturated rings. The van der Waals surface area contributed by atoms with Gasteiger partial charge in [-0.3, -0.25) is 9.69 Å². The summed E-state index contributed by atoms with van der Waals surface area (Å²) in [6.45, 7) is 0.632. The predicted octanol–water partition coefficient (Wildman–Crippen LogP) is 3.40. The van der Waals surface area contributed by atoms with Crippen molar-refractivity contribution in [3.05, 3.63) is 64.1 Å². The Morgan fingerprint density at radius 2 is 1.65 bits per heavy atom. The van der Waals surface area contributed by atoms with Crippen LogP contribution in [-0.4, -0.2) is 43.8 Å². The van der Waals surface area contributed by atoms with Crippen LogP contribution in [0.4, 0.5) is 5.69 Å². The third-order valence-electron chi connectivity index (χ3n) is 4.29. The molecule has 8 heteroatoms. The molecule has 1 atom stereocenters. The molecule has 5 nitrogen and oxygen atoms in total. The lowest BCUT2D eigenvalue weighted by atomic mass is 10.0. The Morgan fingerprint density at radius 3 is 2.27 bits per heavy atom. The fourth-order valence-corrected chi connectivity index (χ4v) is 4.46. The topological polar surface area (TPSA) is 66.5 Å². The quantitative estimate of drug-likeness (QED) is 0.835. The first-order chi connectivity index (χ1) is 12.4. The summed E-state index contributed by atoms with van der Waals surface area (Å²) < 4.78 is 23.5. The second kappa shape index (κ2) is 7.96. The summed E-state index contributed by atoms with van der Waals surface area (Å²) in [4.78, 5) is 14.9. The Hall–Kier alpha value is -1.60. The van der Waals surface area contributed by atoms with E-state index in [0.29, 0.717) is 28.8 Å². The molecule has 1 amide bonds. The molecule has 26 heavy (non-hydrogen) atoms. The number of carbonyl (C=O) groups is 1. The number of carbonyl (C=O) groups excluding carboxylic acids is 1. The maximum absolute atomic E-state index is 13.0. The van der Waals surface area contributed by atoms with Crippen molar-refractivity contribution in [1.29, 1.82) is 0 Å². The van der Waals surface area contributed by atoms with Crippen molar-refractivity contribution >= 4 is 44.6 Å². The van der Waals surface area contributed by atoms with Gasteiger partial charge in [0.25, 0.3) is 0 Å². The molecule has 0 aliphatic carbocycles. The number of halogens is 2. The summed E-state index contributed by atoms with van der Waals surface area (Å²) in [5, 5.41) is 3.61. The van der Waals surface area contributed by atoms with E-state index in [1.807, 2.05) is 35.2 Å². The molecular weight excluding hydrogens is 395 g/mol. The van der Waals surface area contributed by atoms with Crippen molar-refractivity contribution in [2.45, 2.75) is 6.04 Å². The summed E-state index contributed by atoms with van der Waals surface area (Å²) in [5.41, 5.74) is 1.35. The van der Waals surface area contributed by atoms with Crippen molar-refractivity contribution in [3.8, 4) is 0 Å². The lowest BCUT2D eigenvalue weighted by Gasteiger charge is -2.33. The average molecular weight is 413 g/mol. The minimum atomic E-state index is -3.03. The molecule has 0 radical (unpaired) electrons. The number of rotatable bonds is 4. The van der Waals surface area contributed by atoms with E-state index in [1.54, 1.807) is 18.2 Å². The zero-order valence-electron chi connectivity index (χ0n) is 13.9. The third-order valence-corrected chi connectivity index (χ3v) is 6.64. The van der Waals surface area contributed by atoms with Crippen LogP contribution in [0.5, 0.6) is 0 Å². The van der Waals surface area contributed by atoms with Gasteiger partial charge in [0.2, 0.25) is 5.91 Å². The largest absolute Gasteiger partial charge is 0.324 e. The van der Waals surface area contributed by atoms with Crippen LogP contribution in [0.25, 0.3) is 0 Å². The average Bonchev–Trinajstić information content (AvgIpc) is 2.61. The highest BCUT2D eigenvalue weighted by atomic mass is 35.5. The highest BCUT2D eigenvalue weighted by Crippen LogP contribution is 2.28. The summed E-state index contributed by atoms with van der Waals surface area (Å²) >= 11 is 11.9. The van der Waals surface area contributed by atoms with Crippen molar-refractivity contribution in [2.24, 2.45) is 0 Å². The number of nitrogens with zero attached hydrogens (tertiary/aromatic N) is 1. The Labute approximate surface area is 162 Å². The second-order valence-electron chi connectivity index (χ2n) is 6.12. The van der Waals surface area contributed by atoms with E-state index >= 15 is 0 Å². The van der Waals surface area contributed by atoms with Crippen LogP contribution in [-0.2, 0) is 14.6 Å². The highest BCUT2D eigenvalue weighted by Gasteiger charge is 2.32. The van der Waals surface area contributed by atoms with Crippen LogP contribution >= 0.6 is 23.2 Å². The van der Waals surface area contributed by atoms with Gasteiger partial charge in [-0.15, -0.1) is 0 Å². The van der Waals surface area contributed by atoms with Crippen LogP contribution in [0.15, 0.2) is 48.5 Å². The lowest BCUT2D eigenvalue weighted by molar-refractivity contribution is -0.121. The smallest absolute Gasteiger partial charge is 0.246 e. The second-order valence-corrected chi connectivity index (χ2v) is 9.24. The Morgan fingerprint density at radius 1 is 1.00 bits per heavy atom. The molecule has 2 aromatic carbocycles. The Bertz CT molecular complexity index is 890. The molecule has 138 valence electrons. The van der Waals surface area contributed by atoms with E-state index in [0.717, 1.165) is 5.56 Å². The SMILES string of the molecule is O=C(Nc1ccc(Cl)c(Cl)c1)C(c1ccccc1)N1CCS(=O)(=O)CC1. The van der Waals surface area contributed by atoms with Gasteiger partial charge < -0.3 is 5.32 Å². The van der Waals surface area contributed by atoms with Crippen LogP contribution in [0.1, 0.15) is 11.6 Å². The van der Waals surface area contributed by atoms with E-state index in [-0.39, 0.29) is 17.4 Å². The maximum Gasteiger partial charge on any atom is 0.246 e. The number of sulfone groups is 1. The van der Waals surface area contributed by atoms with Gasteiger partial charge in [0.1, 0.15) is 6.04 Å². The first-order valence-electron chi connectivity index (χ1n) is 8.11. The van der Waals surface area contributed by atoms with Crippen molar-refractivity contribution in [3.63, 3.8) is 0 Å². The van der Waals surface area contributed by atoms with E-state index in [9.17, 15) is 13.2 Å². The summed E-state index contributed by atoms with van der Waals surface area (Å²) in [6.07, 6.45) is 0. The van der Waals surface area contributed by atoms with Gasteiger partial charge in [0.05, 0.1) is 21.6 Å². The zero-order chi connectivity index (χ0) is 18.7. The number of hydrogen-bond acceptors (Lipinski definition) is 4. The third kappa shape index (κ3) is 4.57. The Kier molecular flexibility index (Phi) is 5.87. The number of anilines is 1. The fraction of sp³-hybridized carbons (Fsp3) is 0.278. The van der Waals surface area contributed by atoms with Gasteiger partial charge in [0.15, 0.2) is 9.84 Å². The number of amides is 1. The van der Waals surface area contributed by atoms with E-state index in [4.69, 9.17) is 23.2 Å². The van der Waals surface area contributed by atoms with E-state index in [1.165, 1.54) is 0 Å². The minimum absolute atomic E-state index is 0.0520. The monoisotopic (exact) mass is 412 g/mol. The molecule has 2 aromatic rings. The van der Waals surface area contributed by atoms with E-state index in [2.05, 4.69) is 5.32 Å². The van der Waals surface area contributed by atoms with Gasteiger partial charge in [-0.05, 0) is 23.8 Å². The molecule has 1 N–H and O–H groups in total. The number of benzene rings is 2. The van der Waals surface area contributed by atoms with Crippen LogP contribution in [0.3, 0.4) is 0 Å². The summed E-state index contributed by atoms with van der Waals surface area (Å²) in [6, 6.07) is 13.6. The van der Waals surface area contributed by atoms with Crippen LogP contribution in [0, 0.1) is 0 Å². The van der Waals surface area contributed by atoms with Crippen molar-refractivity contribution < 1.29 is 13.2 Å². The van der Waals surface area contributed by atoms with Gasteiger partial charge in [0, 0.05) is 18.8 Å². The molecule has 1 aliphatic heterocycles. The van der Waals surface area contributed by atoms with E-state index < -0.39 is 15.9 Å². The molecule has 1 saturated heterocycles. The maximum atomic E-state index is 13.0. The first kappa shape index (κ1) is 19.2. The number of nitrogens with one attached hydrogen (secondary N) is 1. The molecule has 1 heterocycles. The lowest BCUT2D eigenvalue weighted by Crippen LogP contribution is -2.46. The van der Waals surface area contributed by atoms with Crippen molar-refractivity contribution in [2.75, 3.05) is 29.9 Å². The van der Waals surface area contributed by atoms with Gasteiger partial charge in [-0.1, -0.05) is 53.5 Å². The van der Waals surface area contributed by atoms with Gasteiger partial charge in [-0.2, -0.15) is 0 Å². The molecule has 0 aromatic heterocycles. The van der Waals surface area contributed by atoms with Crippen molar-refractivity contribution in [1.82, 2.24) is 4.90 Å². The van der Waals surface area contributed by atoms with Crippen LogP contribution < -0.4 is 5.32 Å². The molecule has 1 aliphatic rings. The molecule has 0 spiro atoms. The number of hydrogen-bond donors (Lipinski definition) is 1. The minimum Gasteiger partial charge on any atom is -0.324 e. The standard InChI is InChI=1S/C18H18Cl2N2O3S/c19-15-7-6-14(12-16(15)20)21-18(23)17(13-4-2-1-3-5-13)22-8-10-26(24,25)11-9-22/h1-7,12,17H,8-11H2,(H,21,23). The molecule has 3 rings (SSSR count). The first-order valence-corrected chi connectivity index (χ1v) is 10.7. The predicted molar refractivity (Wildman–Crippen MR) is 105 cm³/mol. The molecule has 0 bridgehead atoms. The molecule has 0 saturated carbocycles. The highest BCUT2D eigenvalue weighted by molar-refractivity contribution is 7.91. The normalized spacial score (nSPS) is 18.2. The van der Waals surface area contributed by atoms with Gasteiger partial charge >= 0.3 is 0 Å². The van der Waals surface area contributed by atoms with Crippen LogP contribution in [0.2, 0.25) is 10.0 Å². The molecule has 1 unspecified atom stereocenters. The van der Waals surface area contributed by atoms with Gasteiger partial charge in [-0.25, -0.2) is 8.42 Å². The summed E-state index contributed by atoms with van der Waals surface area (Å²) in [7, 11) is -3.03. The Balaban J connectivity index is 1.85. The fourth-order valence-electron chi connectivity index (χ4n) is 2.93. The summed E-state index contributed by atoms with van der Waals surface area (Å²) in [5.74, 6) is -0.138. The zero-order valence-corrected chi connectivity index (χ0v) is 16.2. The molecular formula is C18H18Cl2N2O3S.